The van der Waals surface area contributed by atoms with Gasteiger partial charge in [-0.1, -0.05) is 30.3 Å². The van der Waals surface area contributed by atoms with Crippen LogP contribution in [0.25, 0.3) is 10.8 Å². The van der Waals surface area contributed by atoms with Crippen LogP contribution in [0.3, 0.4) is 0 Å². The van der Waals surface area contributed by atoms with Crippen molar-refractivity contribution in [1.29, 1.82) is 0 Å². The first-order valence-corrected chi connectivity index (χ1v) is 8.48. The minimum atomic E-state index is -2.95. The van der Waals surface area contributed by atoms with Gasteiger partial charge in [0.2, 0.25) is 0 Å². The Morgan fingerprint density at radius 1 is 0.929 bits per heavy atom. The van der Waals surface area contributed by atoms with Crippen LogP contribution in [0.2, 0.25) is 0 Å². The van der Waals surface area contributed by atoms with E-state index in [1.165, 1.54) is 31.2 Å². The lowest BCUT2D eigenvalue weighted by Crippen LogP contribution is -2.30. The summed E-state index contributed by atoms with van der Waals surface area (Å²) >= 11 is 0. The number of carbonyl (C=O) groups excluding carboxylic acids is 2. The number of hydrogen-bond acceptors (Lipinski definition) is 4. The SMILES string of the molecule is C[C@H](OC(=O)c1ccc(OC(F)F)cc1)C(=O)Nc1ccc2ccccc2c1. The highest BCUT2D eigenvalue weighted by atomic mass is 19.3. The van der Waals surface area contributed by atoms with E-state index in [1.54, 1.807) is 6.07 Å². The van der Waals surface area contributed by atoms with E-state index < -0.39 is 24.6 Å². The summed E-state index contributed by atoms with van der Waals surface area (Å²) in [7, 11) is 0. The number of benzene rings is 3. The molecule has 0 fully saturated rings. The molecule has 144 valence electrons. The van der Waals surface area contributed by atoms with E-state index in [4.69, 9.17) is 4.74 Å². The third-order valence-electron chi connectivity index (χ3n) is 3.99. The van der Waals surface area contributed by atoms with Gasteiger partial charge in [-0.25, -0.2) is 4.79 Å². The van der Waals surface area contributed by atoms with E-state index in [2.05, 4.69) is 10.1 Å². The molecule has 5 nitrogen and oxygen atoms in total. The first-order chi connectivity index (χ1) is 13.4. The predicted octanol–water partition coefficient (Wildman–Crippen LogP) is 4.63. The zero-order valence-electron chi connectivity index (χ0n) is 14.9. The fourth-order valence-corrected chi connectivity index (χ4v) is 2.57. The summed E-state index contributed by atoms with van der Waals surface area (Å²) in [5.74, 6) is -1.31. The Labute approximate surface area is 159 Å². The predicted molar refractivity (Wildman–Crippen MR) is 101 cm³/mol. The molecule has 0 radical (unpaired) electrons. The Morgan fingerprint density at radius 2 is 1.61 bits per heavy atom. The average Bonchev–Trinajstić information content (AvgIpc) is 2.67. The fraction of sp³-hybridized carbons (Fsp3) is 0.143. The molecule has 1 atom stereocenters. The Bertz CT molecular complexity index is 989. The highest BCUT2D eigenvalue weighted by Crippen LogP contribution is 2.19. The third kappa shape index (κ3) is 4.82. The van der Waals surface area contributed by atoms with Crippen LogP contribution < -0.4 is 10.1 Å². The number of rotatable bonds is 6. The van der Waals surface area contributed by atoms with Crippen molar-refractivity contribution >= 4 is 28.3 Å². The smallest absolute Gasteiger partial charge is 0.387 e. The van der Waals surface area contributed by atoms with E-state index >= 15 is 0 Å². The Hall–Kier alpha value is -3.48. The first kappa shape index (κ1) is 19.3. The molecule has 0 heterocycles. The normalized spacial score (nSPS) is 11.9. The molecule has 0 aliphatic rings. The lowest BCUT2D eigenvalue weighted by Gasteiger charge is -2.14. The number of nitrogens with one attached hydrogen (secondary N) is 1. The molecule has 28 heavy (non-hydrogen) atoms. The van der Waals surface area contributed by atoms with E-state index in [-0.39, 0.29) is 11.3 Å². The minimum absolute atomic E-state index is 0.0753. The molecule has 0 aromatic heterocycles. The fourth-order valence-electron chi connectivity index (χ4n) is 2.57. The van der Waals surface area contributed by atoms with Gasteiger partial charge in [-0.3, -0.25) is 4.79 Å². The summed E-state index contributed by atoms with van der Waals surface area (Å²) in [6.07, 6.45) is -1.05. The number of fused-ring (bicyclic) bond motifs is 1. The van der Waals surface area contributed by atoms with Gasteiger partial charge in [-0.15, -0.1) is 0 Å². The quantitative estimate of drug-likeness (QED) is 0.629. The summed E-state index contributed by atoms with van der Waals surface area (Å²) in [5, 5.41) is 4.71. The van der Waals surface area contributed by atoms with Crippen LogP contribution in [0.5, 0.6) is 5.75 Å². The van der Waals surface area contributed by atoms with Gasteiger partial charge in [0.25, 0.3) is 5.91 Å². The van der Waals surface area contributed by atoms with Crippen LogP contribution in [-0.4, -0.2) is 24.6 Å². The number of halogens is 2. The molecule has 0 spiro atoms. The molecule has 1 N–H and O–H groups in total. The monoisotopic (exact) mass is 385 g/mol. The van der Waals surface area contributed by atoms with Crippen LogP contribution in [0, 0.1) is 0 Å². The molecule has 1 amide bonds. The molecule has 0 saturated heterocycles. The maximum absolute atomic E-state index is 12.3. The van der Waals surface area contributed by atoms with Gasteiger partial charge in [-0.05, 0) is 54.1 Å². The Kier molecular flexibility index (Phi) is 5.84. The molecule has 0 saturated carbocycles. The van der Waals surface area contributed by atoms with Crippen molar-refractivity contribution in [3.05, 3.63) is 72.3 Å². The van der Waals surface area contributed by atoms with Crippen molar-refractivity contribution in [1.82, 2.24) is 0 Å². The molecule has 3 aromatic carbocycles. The van der Waals surface area contributed by atoms with Crippen LogP contribution in [-0.2, 0) is 9.53 Å². The maximum atomic E-state index is 12.3. The molecule has 0 aliphatic carbocycles. The van der Waals surface area contributed by atoms with Crippen LogP contribution >= 0.6 is 0 Å². The molecular formula is C21H17F2NO4. The number of alkyl halides is 2. The number of esters is 1. The molecule has 3 aromatic rings. The lowest BCUT2D eigenvalue weighted by atomic mass is 10.1. The molecule has 0 unspecified atom stereocenters. The minimum Gasteiger partial charge on any atom is -0.449 e. The lowest BCUT2D eigenvalue weighted by molar-refractivity contribution is -0.123. The molecular weight excluding hydrogens is 368 g/mol. The molecule has 7 heteroatoms. The van der Waals surface area contributed by atoms with Gasteiger partial charge in [0.1, 0.15) is 5.75 Å². The van der Waals surface area contributed by atoms with Crippen molar-refractivity contribution in [2.24, 2.45) is 0 Å². The zero-order valence-corrected chi connectivity index (χ0v) is 14.9. The third-order valence-corrected chi connectivity index (χ3v) is 3.99. The van der Waals surface area contributed by atoms with Crippen LogP contribution in [0.1, 0.15) is 17.3 Å². The second-order valence-electron chi connectivity index (χ2n) is 6.00. The second kappa shape index (κ2) is 8.47. The zero-order chi connectivity index (χ0) is 20.1. The second-order valence-corrected chi connectivity index (χ2v) is 6.00. The topological polar surface area (TPSA) is 64.6 Å². The van der Waals surface area contributed by atoms with Gasteiger partial charge in [-0.2, -0.15) is 8.78 Å². The number of anilines is 1. The molecule has 0 aliphatic heterocycles. The largest absolute Gasteiger partial charge is 0.449 e. The number of carbonyl (C=O) groups is 2. The Balaban J connectivity index is 1.60. The van der Waals surface area contributed by atoms with Gasteiger partial charge < -0.3 is 14.8 Å². The van der Waals surface area contributed by atoms with Gasteiger partial charge >= 0.3 is 12.6 Å². The standard InChI is InChI=1S/C21H17F2NO4/c1-13(27-20(26)15-7-10-18(11-8-15)28-21(22)23)19(25)24-17-9-6-14-4-2-3-5-16(14)12-17/h2-13,21H,1H3,(H,24,25)/t13-/m0/s1. The van der Waals surface area contributed by atoms with Gasteiger partial charge in [0.05, 0.1) is 5.56 Å². The van der Waals surface area contributed by atoms with E-state index in [1.807, 2.05) is 36.4 Å². The van der Waals surface area contributed by atoms with E-state index in [0.29, 0.717) is 5.69 Å². The maximum Gasteiger partial charge on any atom is 0.387 e. The van der Waals surface area contributed by atoms with Crippen molar-refractivity contribution in [3.63, 3.8) is 0 Å². The molecule has 3 rings (SSSR count). The average molecular weight is 385 g/mol. The van der Waals surface area contributed by atoms with Gasteiger partial charge in [0.15, 0.2) is 6.10 Å². The van der Waals surface area contributed by atoms with Crippen LogP contribution in [0.15, 0.2) is 66.7 Å². The van der Waals surface area contributed by atoms with Gasteiger partial charge in [0, 0.05) is 5.69 Å². The summed E-state index contributed by atoms with van der Waals surface area (Å²) in [6.45, 7) is -1.50. The van der Waals surface area contributed by atoms with Crippen molar-refractivity contribution in [3.8, 4) is 5.75 Å². The van der Waals surface area contributed by atoms with Crippen molar-refractivity contribution in [2.45, 2.75) is 19.6 Å². The highest BCUT2D eigenvalue weighted by Gasteiger charge is 2.19. The van der Waals surface area contributed by atoms with Crippen molar-refractivity contribution < 1.29 is 27.8 Å². The summed E-state index contributed by atoms with van der Waals surface area (Å²) in [4.78, 5) is 24.4. The molecule has 0 bridgehead atoms. The van der Waals surface area contributed by atoms with E-state index in [9.17, 15) is 18.4 Å². The van der Waals surface area contributed by atoms with E-state index in [0.717, 1.165) is 10.8 Å². The van der Waals surface area contributed by atoms with Crippen LogP contribution in [0.4, 0.5) is 14.5 Å². The van der Waals surface area contributed by atoms with Crippen molar-refractivity contribution in [2.75, 3.05) is 5.32 Å². The number of hydrogen-bond donors (Lipinski definition) is 1. The summed E-state index contributed by atoms with van der Waals surface area (Å²) in [6, 6.07) is 18.2. The summed E-state index contributed by atoms with van der Waals surface area (Å²) in [5.41, 5.74) is 0.701. The Morgan fingerprint density at radius 3 is 2.29 bits per heavy atom. The number of ether oxygens (including phenoxy) is 2. The number of amides is 1. The summed E-state index contributed by atoms with van der Waals surface area (Å²) < 4.78 is 33.6. The first-order valence-electron chi connectivity index (χ1n) is 8.48. The highest BCUT2D eigenvalue weighted by molar-refractivity contribution is 5.98.